The van der Waals surface area contributed by atoms with Gasteiger partial charge >= 0.3 is 13.2 Å². The van der Waals surface area contributed by atoms with E-state index in [1.807, 2.05) is 65.4 Å². The zero-order chi connectivity index (χ0) is 21.2. The maximum Gasteiger partial charge on any atom is 0.498 e. The third kappa shape index (κ3) is 3.64. The molecule has 7 nitrogen and oxygen atoms in total. The fourth-order valence-electron chi connectivity index (χ4n) is 3.58. The number of hydrogen-bond donors (Lipinski definition) is 0. The highest BCUT2D eigenvalue weighted by Gasteiger charge is 2.52. The Morgan fingerprint density at radius 3 is 2.38 bits per heavy atom. The molecule has 0 bridgehead atoms. The van der Waals surface area contributed by atoms with Gasteiger partial charge in [-0.25, -0.2) is 9.31 Å². The van der Waals surface area contributed by atoms with Crippen LogP contribution in [-0.4, -0.2) is 57.6 Å². The lowest BCUT2D eigenvalue weighted by atomic mass is 9.80. The van der Waals surface area contributed by atoms with Crippen LogP contribution in [0, 0.1) is 0 Å². The highest BCUT2D eigenvalue weighted by molar-refractivity contribution is 6.64. The van der Waals surface area contributed by atoms with E-state index in [0.717, 1.165) is 16.5 Å². The first-order chi connectivity index (χ1) is 13.4. The molecule has 2 fully saturated rings. The van der Waals surface area contributed by atoms with Crippen LogP contribution in [0.25, 0.3) is 5.52 Å². The first-order valence-electron chi connectivity index (χ1n) is 10.2. The van der Waals surface area contributed by atoms with Gasteiger partial charge < -0.3 is 18.9 Å². The summed E-state index contributed by atoms with van der Waals surface area (Å²) in [5.41, 5.74) is 1.81. The number of ether oxygens (including phenoxy) is 1. The van der Waals surface area contributed by atoms with Gasteiger partial charge in [0, 0.05) is 36.9 Å². The predicted octanol–water partition coefficient (Wildman–Crippen LogP) is 2.97. The van der Waals surface area contributed by atoms with Crippen molar-refractivity contribution in [2.45, 2.75) is 71.2 Å². The molecule has 0 spiro atoms. The number of nitrogens with zero attached hydrogens (tertiary/aromatic N) is 3. The SMILES string of the molecule is CC(C)(C)OC(=O)N1CC(c2ccc3c(B4OC(C)(C)C(C)(C)O4)cnn3c2)C1. The van der Waals surface area contributed by atoms with Gasteiger partial charge in [0.25, 0.3) is 0 Å². The van der Waals surface area contributed by atoms with E-state index in [1.54, 1.807) is 4.90 Å². The van der Waals surface area contributed by atoms with Crippen LogP contribution in [0.4, 0.5) is 4.79 Å². The van der Waals surface area contributed by atoms with Crippen LogP contribution < -0.4 is 5.46 Å². The first-order valence-corrected chi connectivity index (χ1v) is 10.2. The minimum atomic E-state index is -0.472. The van der Waals surface area contributed by atoms with Gasteiger partial charge in [-0.1, -0.05) is 6.07 Å². The maximum absolute atomic E-state index is 12.1. The third-order valence-corrected chi connectivity index (χ3v) is 6.08. The molecule has 2 aliphatic rings. The summed E-state index contributed by atoms with van der Waals surface area (Å²) in [4.78, 5) is 13.9. The van der Waals surface area contributed by atoms with Gasteiger partial charge in [-0.05, 0) is 60.1 Å². The Hall–Kier alpha value is -2.06. The number of hydrogen-bond acceptors (Lipinski definition) is 5. The van der Waals surface area contributed by atoms with E-state index in [2.05, 4.69) is 17.2 Å². The van der Waals surface area contributed by atoms with Crippen LogP contribution >= 0.6 is 0 Å². The van der Waals surface area contributed by atoms with Crippen LogP contribution in [0.15, 0.2) is 24.5 Å². The van der Waals surface area contributed by atoms with E-state index in [0.29, 0.717) is 13.1 Å². The van der Waals surface area contributed by atoms with Crippen molar-refractivity contribution in [2.75, 3.05) is 13.1 Å². The van der Waals surface area contributed by atoms with Crippen LogP contribution in [-0.2, 0) is 14.0 Å². The lowest BCUT2D eigenvalue weighted by molar-refractivity contribution is 0.00578. The predicted molar refractivity (Wildman–Crippen MR) is 111 cm³/mol. The maximum atomic E-state index is 12.1. The van der Waals surface area contributed by atoms with Crippen molar-refractivity contribution >= 4 is 24.2 Å². The summed E-state index contributed by atoms with van der Waals surface area (Å²) >= 11 is 0. The van der Waals surface area contributed by atoms with Crippen LogP contribution in [0.5, 0.6) is 0 Å². The molecular weight excluding hydrogens is 369 g/mol. The summed E-state index contributed by atoms with van der Waals surface area (Å²) in [5.74, 6) is 0.288. The average Bonchev–Trinajstić information content (AvgIpc) is 3.02. The first kappa shape index (κ1) is 20.2. The Morgan fingerprint density at radius 2 is 1.79 bits per heavy atom. The summed E-state index contributed by atoms with van der Waals surface area (Å²) in [6.45, 7) is 15.1. The van der Waals surface area contributed by atoms with Crippen molar-refractivity contribution in [3.63, 3.8) is 0 Å². The van der Waals surface area contributed by atoms with Crippen molar-refractivity contribution in [2.24, 2.45) is 0 Å². The van der Waals surface area contributed by atoms with Gasteiger partial charge in [-0.2, -0.15) is 5.10 Å². The topological polar surface area (TPSA) is 65.3 Å². The van der Waals surface area contributed by atoms with Crippen molar-refractivity contribution < 1.29 is 18.8 Å². The standard InChI is InChI=1S/C21H30BN3O4/c1-19(2,3)27-18(26)24-11-15(12-24)14-8-9-17-16(10-23-25(17)13-14)22-28-20(4,5)21(6,7)29-22/h8-10,13,15H,11-12H2,1-7H3. The van der Waals surface area contributed by atoms with Gasteiger partial charge in [0.05, 0.1) is 16.7 Å². The minimum Gasteiger partial charge on any atom is -0.444 e. The van der Waals surface area contributed by atoms with Crippen molar-refractivity contribution in [3.05, 3.63) is 30.1 Å². The molecule has 0 atom stereocenters. The number of aromatic nitrogens is 2. The summed E-state index contributed by atoms with van der Waals surface area (Å²) in [6, 6.07) is 4.15. The fraction of sp³-hybridized carbons (Fsp3) is 0.619. The highest BCUT2D eigenvalue weighted by Crippen LogP contribution is 2.37. The van der Waals surface area contributed by atoms with Crippen molar-refractivity contribution in [3.8, 4) is 0 Å². The normalized spacial score (nSPS) is 21.5. The molecule has 0 unspecified atom stereocenters. The number of rotatable bonds is 2. The Morgan fingerprint density at radius 1 is 1.17 bits per heavy atom. The second-order valence-corrected chi connectivity index (χ2v) is 10.1. The zero-order valence-corrected chi connectivity index (χ0v) is 18.4. The molecule has 0 aromatic carbocycles. The average molecular weight is 399 g/mol. The molecule has 0 radical (unpaired) electrons. The van der Waals surface area contributed by atoms with Gasteiger partial charge in [0.15, 0.2) is 0 Å². The number of likely N-dealkylation sites (tertiary alicyclic amines) is 1. The van der Waals surface area contributed by atoms with Gasteiger partial charge in [0.1, 0.15) is 5.60 Å². The molecule has 156 valence electrons. The van der Waals surface area contributed by atoms with E-state index in [-0.39, 0.29) is 23.2 Å². The number of carbonyl (C=O) groups is 1. The smallest absolute Gasteiger partial charge is 0.444 e. The Balaban J connectivity index is 1.47. The number of fused-ring (bicyclic) bond motifs is 1. The van der Waals surface area contributed by atoms with Crippen LogP contribution in [0.2, 0.25) is 0 Å². The molecule has 4 heterocycles. The van der Waals surface area contributed by atoms with Crippen LogP contribution in [0.1, 0.15) is 59.9 Å². The second kappa shape index (κ2) is 6.47. The molecule has 0 saturated carbocycles. The number of pyridine rings is 1. The summed E-state index contributed by atoms with van der Waals surface area (Å²) in [6.07, 6.45) is 3.59. The van der Waals surface area contributed by atoms with E-state index in [9.17, 15) is 4.79 Å². The monoisotopic (exact) mass is 399 g/mol. The summed E-state index contributed by atoms with van der Waals surface area (Å²) < 4.78 is 19.6. The number of amides is 1. The molecule has 4 rings (SSSR count). The number of carbonyl (C=O) groups excluding carboxylic acids is 1. The molecule has 29 heavy (non-hydrogen) atoms. The van der Waals surface area contributed by atoms with E-state index < -0.39 is 12.7 Å². The largest absolute Gasteiger partial charge is 0.498 e. The fourth-order valence-corrected chi connectivity index (χ4v) is 3.58. The molecular formula is C21H30BN3O4. The Kier molecular flexibility index (Phi) is 4.51. The highest BCUT2D eigenvalue weighted by atomic mass is 16.7. The molecule has 2 saturated heterocycles. The quantitative estimate of drug-likeness (QED) is 0.727. The third-order valence-electron chi connectivity index (χ3n) is 6.08. The van der Waals surface area contributed by atoms with Crippen molar-refractivity contribution in [1.82, 2.24) is 14.5 Å². The van der Waals surface area contributed by atoms with E-state index >= 15 is 0 Å². The molecule has 2 aromatic heterocycles. The summed E-state index contributed by atoms with van der Waals surface area (Å²) in [5, 5.41) is 4.51. The lowest BCUT2D eigenvalue weighted by Crippen LogP contribution is -2.50. The van der Waals surface area contributed by atoms with E-state index in [1.165, 1.54) is 0 Å². The summed E-state index contributed by atoms with van der Waals surface area (Å²) in [7, 11) is -0.435. The minimum absolute atomic E-state index is 0.253. The molecule has 2 aromatic rings. The molecule has 1 amide bonds. The van der Waals surface area contributed by atoms with Gasteiger partial charge in [0.2, 0.25) is 0 Å². The van der Waals surface area contributed by atoms with Gasteiger partial charge in [-0.3, -0.25) is 0 Å². The Labute approximate surface area is 172 Å². The molecule has 8 heteroatoms. The second-order valence-electron chi connectivity index (χ2n) is 10.1. The van der Waals surface area contributed by atoms with E-state index in [4.69, 9.17) is 14.0 Å². The van der Waals surface area contributed by atoms with Gasteiger partial charge in [-0.15, -0.1) is 0 Å². The Bertz CT molecular complexity index is 925. The van der Waals surface area contributed by atoms with Crippen LogP contribution in [0.3, 0.4) is 0 Å². The molecule has 0 aliphatic carbocycles. The zero-order valence-electron chi connectivity index (χ0n) is 18.4. The molecule has 2 aliphatic heterocycles. The molecule has 0 N–H and O–H groups in total. The lowest BCUT2D eigenvalue weighted by Gasteiger charge is -2.40. The van der Waals surface area contributed by atoms with Crippen molar-refractivity contribution in [1.29, 1.82) is 0 Å².